The highest BCUT2D eigenvalue weighted by Gasteiger charge is 2.19. The lowest BCUT2D eigenvalue weighted by Gasteiger charge is -2.04. The maximum absolute atomic E-state index is 12.8. The van der Waals surface area contributed by atoms with Crippen molar-refractivity contribution < 1.29 is 14.5 Å². The number of rotatable bonds is 6. The zero-order chi connectivity index (χ0) is 22.7. The van der Waals surface area contributed by atoms with E-state index >= 15 is 0 Å². The predicted molar refractivity (Wildman–Crippen MR) is 128 cm³/mol. The van der Waals surface area contributed by atoms with Crippen LogP contribution in [0.2, 0.25) is 0 Å². The van der Waals surface area contributed by atoms with Crippen LogP contribution in [-0.4, -0.2) is 22.9 Å². The zero-order valence-corrected chi connectivity index (χ0v) is 19.1. The Balaban J connectivity index is 1.74. The fourth-order valence-corrected chi connectivity index (χ4v) is 4.51. The number of anilines is 1. The van der Waals surface area contributed by atoms with Gasteiger partial charge in [0, 0.05) is 22.2 Å². The quantitative estimate of drug-likeness (QED) is 0.239. The number of methoxy groups -OCH3 is 1. The van der Waals surface area contributed by atoms with Crippen LogP contribution in [0.3, 0.4) is 0 Å². The molecule has 0 unspecified atom stereocenters. The molecule has 0 saturated heterocycles. The Kier molecular flexibility index (Phi) is 6.29. The van der Waals surface area contributed by atoms with Crippen LogP contribution in [0.15, 0.2) is 77.3 Å². The molecule has 0 aliphatic heterocycles. The van der Waals surface area contributed by atoms with Crippen LogP contribution in [0, 0.1) is 10.1 Å². The van der Waals surface area contributed by atoms with Gasteiger partial charge in [-0.2, -0.15) is 0 Å². The van der Waals surface area contributed by atoms with Gasteiger partial charge in [0.05, 0.1) is 28.2 Å². The SMILES string of the molecule is COc1ccc(-c2nc(NC(=O)c3ccccc3Br)sc2-c2ccc([N+](=O)[O-])cc2)cc1. The van der Waals surface area contributed by atoms with Crippen molar-refractivity contribution in [2.75, 3.05) is 12.4 Å². The van der Waals surface area contributed by atoms with E-state index in [2.05, 4.69) is 26.2 Å². The van der Waals surface area contributed by atoms with E-state index in [9.17, 15) is 14.9 Å². The third-order valence-electron chi connectivity index (χ3n) is 4.67. The normalized spacial score (nSPS) is 10.6. The molecule has 0 radical (unpaired) electrons. The van der Waals surface area contributed by atoms with E-state index in [1.807, 2.05) is 30.3 Å². The summed E-state index contributed by atoms with van der Waals surface area (Å²) in [6.07, 6.45) is 0. The Morgan fingerprint density at radius 2 is 1.69 bits per heavy atom. The standard InChI is InChI=1S/C23H16BrN3O4S/c1-31-17-12-8-14(9-13-17)20-21(15-6-10-16(11-7-15)27(29)30)32-23(25-20)26-22(28)18-4-2-3-5-19(18)24/h2-13H,1H3,(H,25,26,28). The number of nitrogens with zero attached hydrogens (tertiary/aromatic N) is 2. The van der Waals surface area contributed by atoms with E-state index in [0.29, 0.717) is 26.6 Å². The summed E-state index contributed by atoms with van der Waals surface area (Å²) in [5.41, 5.74) is 2.75. The molecule has 0 bridgehead atoms. The van der Waals surface area contributed by atoms with Gasteiger partial charge in [-0.15, -0.1) is 0 Å². The first kappa shape index (κ1) is 21.7. The van der Waals surface area contributed by atoms with Gasteiger partial charge in [0.2, 0.25) is 0 Å². The lowest BCUT2D eigenvalue weighted by Crippen LogP contribution is -2.12. The highest BCUT2D eigenvalue weighted by atomic mass is 79.9. The molecule has 4 aromatic rings. The number of ether oxygens (including phenoxy) is 1. The van der Waals surface area contributed by atoms with E-state index in [1.165, 1.54) is 23.5 Å². The van der Waals surface area contributed by atoms with Gasteiger partial charge in [0.25, 0.3) is 11.6 Å². The molecule has 1 aromatic heterocycles. The molecule has 1 amide bonds. The Labute approximate surface area is 196 Å². The van der Waals surface area contributed by atoms with E-state index < -0.39 is 4.92 Å². The molecule has 3 aromatic carbocycles. The Morgan fingerprint density at radius 3 is 2.31 bits per heavy atom. The fourth-order valence-electron chi connectivity index (χ4n) is 3.06. The molecule has 32 heavy (non-hydrogen) atoms. The number of aromatic nitrogens is 1. The summed E-state index contributed by atoms with van der Waals surface area (Å²) in [4.78, 5) is 28.8. The maximum atomic E-state index is 12.8. The molecule has 160 valence electrons. The lowest BCUT2D eigenvalue weighted by atomic mass is 10.1. The van der Waals surface area contributed by atoms with Crippen molar-refractivity contribution in [2.24, 2.45) is 0 Å². The first-order chi connectivity index (χ1) is 15.5. The number of thiazole rings is 1. The van der Waals surface area contributed by atoms with E-state index in [0.717, 1.165) is 16.0 Å². The van der Waals surface area contributed by atoms with Gasteiger partial charge in [-0.25, -0.2) is 4.98 Å². The van der Waals surface area contributed by atoms with Crippen LogP contribution in [-0.2, 0) is 0 Å². The number of non-ortho nitro benzene ring substituents is 1. The second kappa shape index (κ2) is 9.29. The Morgan fingerprint density at radius 1 is 1.03 bits per heavy atom. The third kappa shape index (κ3) is 4.53. The van der Waals surface area contributed by atoms with Gasteiger partial charge in [0.1, 0.15) is 5.75 Å². The first-order valence-electron chi connectivity index (χ1n) is 9.42. The molecule has 9 heteroatoms. The number of nitro benzene ring substituents is 1. The number of halogens is 1. The van der Waals surface area contributed by atoms with Gasteiger partial charge < -0.3 is 4.74 Å². The van der Waals surface area contributed by atoms with Gasteiger partial charge in [-0.1, -0.05) is 23.5 Å². The molecule has 1 N–H and O–H groups in total. The molecule has 0 atom stereocenters. The predicted octanol–water partition coefficient (Wildman–Crippen LogP) is 6.41. The topological polar surface area (TPSA) is 94.4 Å². The minimum atomic E-state index is -0.440. The van der Waals surface area contributed by atoms with Gasteiger partial charge in [-0.05, 0) is 70.0 Å². The van der Waals surface area contributed by atoms with Crippen LogP contribution < -0.4 is 10.1 Å². The monoisotopic (exact) mass is 509 g/mol. The molecule has 0 saturated carbocycles. The second-order valence-electron chi connectivity index (χ2n) is 6.66. The molecule has 7 nitrogen and oxygen atoms in total. The maximum Gasteiger partial charge on any atom is 0.269 e. The third-order valence-corrected chi connectivity index (χ3v) is 6.38. The zero-order valence-electron chi connectivity index (χ0n) is 16.7. The van der Waals surface area contributed by atoms with Gasteiger partial charge in [-0.3, -0.25) is 20.2 Å². The largest absolute Gasteiger partial charge is 0.497 e. The van der Waals surface area contributed by atoms with E-state index in [-0.39, 0.29) is 11.6 Å². The summed E-state index contributed by atoms with van der Waals surface area (Å²) in [5.74, 6) is 0.422. The number of hydrogen-bond acceptors (Lipinski definition) is 6. The summed E-state index contributed by atoms with van der Waals surface area (Å²) >= 11 is 4.69. The first-order valence-corrected chi connectivity index (χ1v) is 11.0. The number of carbonyl (C=O) groups is 1. The van der Waals surface area contributed by atoms with Crippen molar-refractivity contribution >= 4 is 44.0 Å². The molecule has 4 rings (SSSR count). The summed E-state index contributed by atoms with van der Waals surface area (Å²) in [5, 5.41) is 14.3. The van der Waals surface area contributed by atoms with E-state index in [1.54, 1.807) is 37.4 Å². The molecule has 0 aliphatic rings. The Hall–Kier alpha value is -3.56. The number of hydrogen-bond donors (Lipinski definition) is 1. The van der Waals surface area contributed by atoms with Crippen molar-refractivity contribution in [3.05, 3.63) is 92.9 Å². The van der Waals surface area contributed by atoms with Crippen LogP contribution in [0.5, 0.6) is 5.75 Å². The number of nitrogens with one attached hydrogen (secondary N) is 1. The summed E-state index contributed by atoms with van der Waals surface area (Å²) in [6, 6.07) is 20.8. The van der Waals surface area contributed by atoms with Crippen LogP contribution >= 0.6 is 27.3 Å². The van der Waals surface area contributed by atoms with E-state index in [4.69, 9.17) is 4.74 Å². The molecule has 0 spiro atoms. The summed E-state index contributed by atoms with van der Waals surface area (Å²) in [6.45, 7) is 0. The van der Waals surface area contributed by atoms with Crippen molar-refractivity contribution in [3.8, 4) is 27.4 Å². The molecule has 1 heterocycles. The second-order valence-corrected chi connectivity index (χ2v) is 8.52. The Bertz CT molecular complexity index is 1290. The van der Waals surface area contributed by atoms with Crippen molar-refractivity contribution in [1.29, 1.82) is 0 Å². The fraction of sp³-hybridized carbons (Fsp3) is 0.0435. The van der Waals surface area contributed by atoms with Gasteiger partial charge >= 0.3 is 0 Å². The number of carbonyl (C=O) groups excluding carboxylic acids is 1. The highest BCUT2D eigenvalue weighted by molar-refractivity contribution is 9.10. The van der Waals surface area contributed by atoms with Crippen LogP contribution in [0.25, 0.3) is 21.7 Å². The molecular weight excluding hydrogens is 494 g/mol. The molecular formula is C23H16BrN3O4S. The smallest absolute Gasteiger partial charge is 0.269 e. The molecule has 0 fully saturated rings. The summed E-state index contributed by atoms with van der Waals surface area (Å²) < 4.78 is 5.91. The average molecular weight is 510 g/mol. The number of benzene rings is 3. The number of nitro groups is 1. The molecule has 0 aliphatic carbocycles. The van der Waals surface area contributed by atoms with Crippen LogP contribution in [0.1, 0.15) is 10.4 Å². The highest BCUT2D eigenvalue weighted by Crippen LogP contribution is 2.40. The van der Waals surface area contributed by atoms with Crippen molar-refractivity contribution in [1.82, 2.24) is 4.98 Å². The minimum absolute atomic E-state index is 0.00622. The minimum Gasteiger partial charge on any atom is -0.497 e. The number of amides is 1. The van der Waals surface area contributed by atoms with Crippen LogP contribution in [0.4, 0.5) is 10.8 Å². The van der Waals surface area contributed by atoms with Gasteiger partial charge in [0.15, 0.2) is 5.13 Å². The lowest BCUT2D eigenvalue weighted by molar-refractivity contribution is -0.384. The van der Waals surface area contributed by atoms with Crippen molar-refractivity contribution in [3.63, 3.8) is 0 Å². The van der Waals surface area contributed by atoms with Crippen molar-refractivity contribution in [2.45, 2.75) is 0 Å². The average Bonchev–Trinajstić information content (AvgIpc) is 3.23. The summed E-state index contributed by atoms with van der Waals surface area (Å²) in [7, 11) is 1.59.